The maximum Gasteiger partial charge on any atom is 0.217 e. The summed E-state index contributed by atoms with van der Waals surface area (Å²) in [6.45, 7) is 5.76. The van der Waals surface area contributed by atoms with Crippen LogP contribution in [0, 0.1) is 0 Å². The van der Waals surface area contributed by atoms with Gasteiger partial charge in [-0.1, -0.05) is 24.3 Å². The van der Waals surface area contributed by atoms with Crippen molar-refractivity contribution in [1.29, 1.82) is 0 Å². The fourth-order valence-electron chi connectivity index (χ4n) is 2.91. The SMILES string of the molecule is CCOc1ccc(S(=O)(=O)CC(=O)c2ccc(CCC(C)NC(C)=O)cc2)cc1. The number of carbonyl (C=O) groups excluding carboxylic acids is 2. The van der Waals surface area contributed by atoms with E-state index in [9.17, 15) is 18.0 Å². The Labute approximate surface area is 172 Å². The topological polar surface area (TPSA) is 89.5 Å². The summed E-state index contributed by atoms with van der Waals surface area (Å²) in [5, 5.41) is 2.83. The number of aryl methyl sites for hydroxylation is 1. The second-order valence-electron chi connectivity index (χ2n) is 6.92. The van der Waals surface area contributed by atoms with E-state index in [1.165, 1.54) is 19.1 Å². The molecule has 156 valence electrons. The summed E-state index contributed by atoms with van der Waals surface area (Å²) in [6, 6.07) is 13.1. The second kappa shape index (κ2) is 10.2. The van der Waals surface area contributed by atoms with Crippen LogP contribution in [-0.4, -0.2) is 38.5 Å². The molecule has 0 aromatic heterocycles. The van der Waals surface area contributed by atoms with Gasteiger partial charge in [0, 0.05) is 18.5 Å². The normalized spacial score (nSPS) is 12.2. The Kier molecular flexibility index (Phi) is 7.96. The molecule has 0 heterocycles. The van der Waals surface area contributed by atoms with E-state index in [4.69, 9.17) is 4.74 Å². The maximum absolute atomic E-state index is 12.5. The molecule has 1 atom stereocenters. The predicted octanol–water partition coefficient (Wildman–Crippen LogP) is 3.20. The minimum Gasteiger partial charge on any atom is -0.494 e. The quantitative estimate of drug-likeness (QED) is 0.600. The minimum atomic E-state index is -3.73. The first-order chi connectivity index (χ1) is 13.7. The first-order valence-electron chi connectivity index (χ1n) is 9.56. The summed E-state index contributed by atoms with van der Waals surface area (Å²) in [5.74, 6) is -0.509. The Balaban J connectivity index is 1.98. The molecule has 2 aromatic carbocycles. The molecule has 0 fully saturated rings. The highest BCUT2D eigenvalue weighted by molar-refractivity contribution is 7.92. The van der Waals surface area contributed by atoms with E-state index in [2.05, 4.69) is 5.32 Å². The lowest BCUT2D eigenvalue weighted by atomic mass is 10.0. The van der Waals surface area contributed by atoms with Gasteiger partial charge in [-0.2, -0.15) is 0 Å². The number of amides is 1. The summed E-state index contributed by atoms with van der Waals surface area (Å²) < 4.78 is 30.3. The van der Waals surface area contributed by atoms with E-state index in [0.717, 1.165) is 18.4 Å². The van der Waals surface area contributed by atoms with Gasteiger partial charge in [0.15, 0.2) is 15.6 Å². The van der Waals surface area contributed by atoms with Crippen LogP contribution in [0.4, 0.5) is 0 Å². The molecule has 0 aliphatic heterocycles. The van der Waals surface area contributed by atoms with Crippen molar-refractivity contribution in [2.75, 3.05) is 12.4 Å². The van der Waals surface area contributed by atoms with Gasteiger partial charge in [-0.15, -0.1) is 0 Å². The molecule has 2 aromatic rings. The number of sulfone groups is 1. The van der Waals surface area contributed by atoms with Crippen LogP contribution in [-0.2, 0) is 21.1 Å². The van der Waals surface area contributed by atoms with Crippen molar-refractivity contribution in [2.24, 2.45) is 0 Å². The summed E-state index contributed by atoms with van der Waals surface area (Å²) in [6.07, 6.45) is 1.53. The lowest BCUT2D eigenvalue weighted by molar-refractivity contribution is -0.119. The van der Waals surface area contributed by atoms with Gasteiger partial charge in [0.1, 0.15) is 11.5 Å². The minimum absolute atomic E-state index is 0.0628. The Bertz CT molecular complexity index is 934. The summed E-state index contributed by atoms with van der Waals surface area (Å²) in [4.78, 5) is 23.6. The first-order valence-corrected chi connectivity index (χ1v) is 11.2. The van der Waals surface area contributed by atoms with Gasteiger partial charge < -0.3 is 10.1 Å². The number of hydrogen-bond donors (Lipinski definition) is 1. The fourth-order valence-corrected chi connectivity index (χ4v) is 4.14. The van der Waals surface area contributed by atoms with Gasteiger partial charge in [-0.05, 0) is 56.5 Å². The zero-order valence-electron chi connectivity index (χ0n) is 17.0. The molecule has 0 spiro atoms. The van der Waals surface area contributed by atoms with E-state index in [0.29, 0.717) is 17.9 Å². The van der Waals surface area contributed by atoms with Gasteiger partial charge in [0.25, 0.3) is 0 Å². The third-order valence-corrected chi connectivity index (χ3v) is 6.04. The standard InChI is InChI=1S/C22H27NO5S/c1-4-28-20-11-13-21(14-12-20)29(26,27)15-22(25)19-9-7-18(8-10-19)6-5-16(2)23-17(3)24/h7-14,16H,4-6,15H2,1-3H3,(H,23,24). The fraction of sp³-hybridized carbons (Fsp3) is 0.364. The van der Waals surface area contributed by atoms with E-state index in [-0.39, 0.29) is 16.8 Å². The van der Waals surface area contributed by atoms with Crippen molar-refractivity contribution >= 4 is 21.5 Å². The van der Waals surface area contributed by atoms with Crippen LogP contribution < -0.4 is 10.1 Å². The number of ketones is 1. The van der Waals surface area contributed by atoms with Gasteiger partial charge in [-0.25, -0.2) is 8.42 Å². The third kappa shape index (κ3) is 7.02. The number of Topliss-reactive ketones (excluding diaryl/α,β-unsaturated/α-hetero) is 1. The predicted molar refractivity (Wildman–Crippen MR) is 112 cm³/mol. The molecule has 0 saturated carbocycles. The molecule has 6 nitrogen and oxygen atoms in total. The average molecular weight is 418 g/mol. The highest BCUT2D eigenvalue weighted by atomic mass is 32.2. The molecule has 1 N–H and O–H groups in total. The van der Waals surface area contributed by atoms with Crippen molar-refractivity contribution in [3.8, 4) is 5.75 Å². The van der Waals surface area contributed by atoms with Crippen LogP contribution in [0.5, 0.6) is 5.75 Å². The molecular weight excluding hydrogens is 390 g/mol. The van der Waals surface area contributed by atoms with Gasteiger partial charge in [0.2, 0.25) is 5.91 Å². The number of ether oxygens (including phenoxy) is 1. The molecule has 7 heteroatoms. The van der Waals surface area contributed by atoms with E-state index in [1.54, 1.807) is 24.3 Å². The zero-order chi connectivity index (χ0) is 21.4. The maximum atomic E-state index is 12.5. The van der Waals surface area contributed by atoms with Gasteiger partial charge in [0.05, 0.1) is 11.5 Å². The number of rotatable bonds is 10. The summed E-state index contributed by atoms with van der Waals surface area (Å²) >= 11 is 0. The Hall–Kier alpha value is -2.67. The highest BCUT2D eigenvalue weighted by Crippen LogP contribution is 2.18. The lowest BCUT2D eigenvalue weighted by Gasteiger charge is -2.12. The van der Waals surface area contributed by atoms with Crippen LogP contribution >= 0.6 is 0 Å². The van der Waals surface area contributed by atoms with E-state index >= 15 is 0 Å². The van der Waals surface area contributed by atoms with E-state index < -0.39 is 21.4 Å². The summed E-state index contributed by atoms with van der Waals surface area (Å²) in [5.41, 5.74) is 1.38. The van der Waals surface area contributed by atoms with Crippen molar-refractivity contribution < 1.29 is 22.7 Å². The second-order valence-corrected chi connectivity index (χ2v) is 8.91. The summed E-state index contributed by atoms with van der Waals surface area (Å²) in [7, 11) is -3.73. The molecule has 1 amide bonds. The molecule has 1 unspecified atom stereocenters. The van der Waals surface area contributed by atoms with Crippen LogP contribution in [0.1, 0.15) is 43.1 Å². The van der Waals surface area contributed by atoms with Crippen LogP contribution in [0.15, 0.2) is 53.4 Å². The van der Waals surface area contributed by atoms with Crippen molar-refractivity contribution in [3.63, 3.8) is 0 Å². The number of carbonyl (C=O) groups is 2. The van der Waals surface area contributed by atoms with Crippen LogP contribution in [0.3, 0.4) is 0 Å². The van der Waals surface area contributed by atoms with Crippen LogP contribution in [0.2, 0.25) is 0 Å². The van der Waals surface area contributed by atoms with Crippen molar-refractivity contribution in [3.05, 3.63) is 59.7 Å². The average Bonchev–Trinajstić information content (AvgIpc) is 2.66. The molecule has 0 bridgehead atoms. The van der Waals surface area contributed by atoms with Gasteiger partial charge >= 0.3 is 0 Å². The van der Waals surface area contributed by atoms with E-state index in [1.807, 2.05) is 26.0 Å². The Morgan fingerprint density at radius 2 is 1.66 bits per heavy atom. The first kappa shape index (κ1) is 22.6. The molecule has 0 aliphatic carbocycles. The highest BCUT2D eigenvalue weighted by Gasteiger charge is 2.20. The number of benzene rings is 2. The number of hydrogen-bond acceptors (Lipinski definition) is 5. The molecule has 2 rings (SSSR count). The molecular formula is C22H27NO5S. The monoisotopic (exact) mass is 417 g/mol. The third-order valence-electron chi connectivity index (χ3n) is 4.41. The largest absolute Gasteiger partial charge is 0.494 e. The molecule has 0 aliphatic rings. The Morgan fingerprint density at radius 3 is 2.21 bits per heavy atom. The van der Waals surface area contributed by atoms with Gasteiger partial charge in [-0.3, -0.25) is 9.59 Å². The Morgan fingerprint density at radius 1 is 1.03 bits per heavy atom. The number of nitrogens with one attached hydrogen (secondary N) is 1. The molecule has 0 saturated heterocycles. The lowest BCUT2D eigenvalue weighted by Crippen LogP contribution is -2.30. The van der Waals surface area contributed by atoms with Crippen LogP contribution in [0.25, 0.3) is 0 Å². The zero-order valence-corrected chi connectivity index (χ0v) is 17.8. The van der Waals surface area contributed by atoms with Crippen molar-refractivity contribution in [1.82, 2.24) is 5.32 Å². The van der Waals surface area contributed by atoms with Crippen molar-refractivity contribution in [2.45, 2.75) is 44.6 Å². The molecule has 0 radical (unpaired) electrons. The molecule has 29 heavy (non-hydrogen) atoms. The smallest absolute Gasteiger partial charge is 0.217 e.